The number of hydrogen-bond donors (Lipinski definition) is 1. The average Bonchev–Trinajstić information content (AvgIpc) is 3.07. The number of hydrogen-bond acceptors (Lipinski definition) is 5. The lowest BCUT2D eigenvalue weighted by Crippen LogP contribution is -2.36. The van der Waals surface area contributed by atoms with Gasteiger partial charge in [0.15, 0.2) is 11.7 Å². The Labute approximate surface area is 165 Å². The molecule has 0 radical (unpaired) electrons. The third-order valence-corrected chi connectivity index (χ3v) is 5.94. The predicted molar refractivity (Wildman–Crippen MR) is 107 cm³/mol. The second-order valence-corrected chi connectivity index (χ2v) is 8.44. The summed E-state index contributed by atoms with van der Waals surface area (Å²) in [6, 6.07) is 0. The zero-order valence-corrected chi connectivity index (χ0v) is 16.6. The van der Waals surface area contributed by atoms with Crippen molar-refractivity contribution in [2.45, 2.75) is 45.1 Å². The molecule has 8 nitrogen and oxygen atoms in total. The Balaban J connectivity index is 1.33. The Morgan fingerprint density at radius 3 is 2.93 bits per heavy atom. The Hall–Kier alpha value is -2.61. The lowest BCUT2D eigenvalue weighted by atomic mass is 10.2. The Bertz CT molecular complexity index is 894. The van der Waals surface area contributed by atoms with Crippen molar-refractivity contribution in [3.8, 4) is 0 Å². The minimum absolute atomic E-state index is 0.196. The number of rotatable bonds is 6. The molecule has 0 aromatic carbocycles. The first-order valence-corrected chi connectivity index (χ1v) is 10.2. The molecule has 8 heteroatoms. The van der Waals surface area contributed by atoms with Gasteiger partial charge in [0.1, 0.15) is 19.1 Å². The molecule has 1 unspecified atom stereocenters. The number of amidine groups is 1. The minimum atomic E-state index is 0.196. The molecule has 1 saturated heterocycles. The van der Waals surface area contributed by atoms with Gasteiger partial charge in [-0.25, -0.2) is 4.98 Å². The summed E-state index contributed by atoms with van der Waals surface area (Å²) in [6.07, 6.45) is 14.0. The monoisotopic (exact) mass is 382 g/mol. The first-order chi connectivity index (χ1) is 13.5. The van der Waals surface area contributed by atoms with E-state index in [1.807, 2.05) is 23.0 Å². The van der Waals surface area contributed by atoms with E-state index < -0.39 is 0 Å². The maximum atomic E-state index is 12.1. The number of anilines is 1. The molecule has 1 saturated carbocycles. The molecule has 1 aliphatic carbocycles. The summed E-state index contributed by atoms with van der Waals surface area (Å²) in [4.78, 5) is 20.9. The number of nitrogens with one attached hydrogen (secondary N) is 1. The fraction of sp³-hybridized carbons (Fsp3) is 0.550. The van der Waals surface area contributed by atoms with Gasteiger partial charge in [0.25, 0.3) is 5.82 Å². The van der Waals surface area contributed by atoms with E-state index in [2.05, 4.69) is 35.5 Å². The highest BCUT2D eigenvalue weighted by Crippen LogP contribution is 2.32. The summed E-state index contributed by atoms with van der Waals surface area (Å²) in [7, 11) is 4.09. The van der Waals surface area contributed by atoms with Gasteiger partial charge in [-0.3, -0.25) is 15.0 Å². The van der Waals surface area contributed by atoms with Gasteiger partial charge in [-0.1, -0.05) is 5.10 Å². The molecule has 1 atom stereocenters. The second-order valence-electron chi connectivity index (χ2n) is 8.44. The van der Waals surface area contributed by atoms with Gasteiger partial charge < -0.3 is 9.47 Å². The van der Waals surface area contributed by atoms with Crippen LogP contribution in [0, 0.1) is 5.92 Å². The molecule has 28 heavy (non-hydrogen) atoms. The van der Waals surface area contributed by atoms with Crippen molar-refractivity contribution in [2.75, 3.05) is 25.5 Å². The zero-order chi connectivity index (χ0) is 19.3. The number of amides is 1. The summed E-state index contributed by atoms with van der Waals surface area (Å²) in [5, 5.41) is 8.31. The molecule has 1 amide bonds. The number of imidazole rings is 1. The number of aromatic nitrogens is 2. The van der Waals surface area contributed by atoms with E-state index in [-0.39, 0.29) is 5.91 Å². The molecule has 3 aliphatic heterocycles. The number of carbonyl (C=O) groups is 1. The van der Waals surface area contributed by atoms with Crippen LogP contribution in [0.2, 0.25) is 0 Å². The van der Waals surface area contributed by atoms with Crippen molar-refractivity contribution in [2.24, 2.45) is 11.0 Å². The molecule has 1 aromatic rings. The van der Waals surface area contributed by atoms with E-state index >= 15 is 0 Å². The number of aryl methyl sites for hydroxylation is 1. The quantitative estimate of drug-likeness (QED) is 0.764. The number of nitrogens with zero attached hydrogens (tertiary/aromatic N) is 6. The maximum absolute atomic E-state index is 12.1. The Kier molecular flexibility index (Phi) is 4.04. The number of fused-ring (bicyclic) bond motifs is 1. The maximum Gasteiger partial charge on any atom is 0.254 e. The highest BCUT2D eigenvalue weighted by atomic mass is 16.2. The van der Waals surface area contributed by atoms with Gasteiger partial charge >= 0.3 is 0 Å². The molecular weight excluding hydrogens is 354 g/mol. The van der Waals surface area contributed by atoms with Gasteiger partial charge in [-0.2, -0.15) is 0 Å². The van der Waals surface area contributed by atoms with Crippen LogP contribution in [0.25, 0.3) is 0 Å². The predicted octanol–water partition coefficient (Wildman–Crippen LogP) is 1.93. The third-order valence-electron chi connectivity index (χ3n) is 5.94. The SMILES string of the molecule is CN1C=C[N+]2(C)N=C(CCc3nc(N4CCCC4=O)cn3CC3CC3)NC2=C1. The van der Waals surface area contributed by atoms with Crippen molar-refractivity contribution >= 4 is 17.6 Å². The molecule has 1 N–H and O–H groups in total. The van der Waals surface area contributed by atoms with Gasteiger partial charge in [-0.15, -0.1) is 4.59 Å². The minimum Gasteiger partial charge on any atom is -0.346 e. The second kappa shape index (κ2) is 6.48. The van der Waals surface area contributed by atoms with Gasteiger partial charge in [0, 0.05) is 45.6 Å². The van der Waals surface area contributed by atoms with Crippen molar-refractivity contribution < 1.29 is 9.39 Å². The van der Waals surface area contributed by atoms with Crippen LogP contribution in [0.1, 0.15) is 37.9 Å². The van der Waals surface area contributed by atoms with Crippen LogP contribution >= 0.6 is 0 Å². The summed E-state index contributed by atoms with van der Waals surface area (Å²) in [5.41, 5.74) is 0. The van der Waals surface area contributed by atoms with E-state index in [4.69, 9.17) is 10.1 Å². The molecule has 2 fully saturated rings. The molecule has 5 rings (SSSR count). The van der Waals surface area contributed by atoms with Crippen molar-refractivity contribution in [1.82, 2.24) is 19.8 Å². The fourth-order valence-corrected chi connectivity index (χ4v) is 4.06. The third kappa shape index (κ3) is 3.22. The van der Waals surface area contributed by atoms with Crippen molar-refractivity contribution in [1.29, 1.82) is 0 Å². The van der Waals surface area contributed by atoms with Crippen LogP contribution < -0.4 is 10.2 Å². The molecule has 4 aliphatic rings. The van der Waals surface area contributed by atoms with Crippen LogP contribution in [0.5, 0.6) is 0 Å². The summed E-state index contributed by atoms with van der Waals surface area (Å²) in [5.74, 6) is 4.88. The van der Waals surface area contributed by atoms with E-state index in [1.54, 1.807) is 0 Å². The summed E-state index contributed by atoms with van der Waals surface area (Å²) >= 11 is 0. The van der Waals surface area contributed by atoms with Crippen LogP contribution in [-0.4, -0.2) is 51.4 Å². The van der Waals surface area contributed by atoms with E-state index in [0.717, 1.165) is 61.6 Å². The Morgan fingerprint density at radius 2 is 2.18 bits per heavy atom. The first kappa shape index (κ1) is 17.5. The smallest absolute Gasteiger partial charge is 0.254 e. The molecule has 4 heterocycles. The number of carbonyl (C=O) groups excluding carboxylic acids is 1. The molecule has 1 aromatic heterocycles. The standard InChI is InChI=1S/C20H28N7O/c1-24-10-11-27(2)19(14-24)21-16(23-27)7-8-17-22-18(26-9-3-4-20(26)28)13-25(17)12-15-5-6-15/h10-11,13-15H,3-9,12H2,1-2H3,(H,21,23)/q+1. The highest BCUT2D eigenvalue weighted by molar-refractivity contribution is 5.94. The zero-order valence-electron chi connectivity index (χ0n) is 16.6. The fourth-order valence-electron chi connectivity index (χ4n) is 4.06. The molecular formula is C20H28N7O+. The lowest BCUT2D eigenvalue weighted by molar-refractivity contribution is -0.826. The lowest BCUT2D eigenvalue weighted by Gasteiger charge is -2.24. The van der Waals surface area contributed by atoms with Gasteiger partial charge in [-0.05, 0) is 25.2 Å². The molecule has 0 spiro atoms. The average molecular weight is 382 g/mol. The highest BCUT2D eigenvalue weighted by Gasteiger charge is 2.37. The molecule has 148 valence electrons. The topological polar surface area (TPSA) is 65.8 Å². The van der Waals surface area contributed by atoms with Gasteiger partial charge in [0.05, 0.1) is 12.4 Å². The van der Waals surface area contributed by atoms with Gasteiger partial charge in [0.2, 0.25) is 5.91 Å². The largest absolute Gasteiger partial charge is 0.346 e. The van der Waals surface area contributed by atoms with Crippen LogP contribution in [0.3, 0.4) is 0 Å². The summed E-state index contributed by atoms with van der Waals surface area (Å²) < 4.78 is 2.70. The number of quaternary nitrogens is 1. The van der Waals surface area contributed by atoms with Crippen molar-refractivity contribution in [3.05, 3.63) is 36.4 Å². The molecule has 0 bridgehead atoms. The Morgan fingerprint density at radius 1 is 1.32 bits per heavy atom. The normalized spacial score (nSPS) is 26.4. The van der Waals surface area contributed by atoms with Crippen molar-refractivity contribution in [3.63, 3.8) is 0 Å². The first-order valence-electron chi connectivity index (χ1n) is 10.2. The van der Waals surface area contributed by atoms with Crippen LogP contribution in [-0.2, 0) is 17.8 Å². The van der Waals surface area contributed by atoms with E-state index in [9.17, 15) is 4.79 Å². The van der Waals surface area contributed by atoms with Crippen LogP contribution in [0.15, 0.2) is 35.7 Å². The van der Waals surface area contributed by atoms with Crippen LogP contribution in [0.4, 0.5) is 5.82 Å². The van der Waals surface area contributed by atoms with E-state index in [0.29, 0.717) is 11.0 Å². The van der Waals surface area contributed by atoms with E-state index in [1.165, 1.54) is 12.8 Å². The summed E-state index contributed by atoms with van der Waals surface area (Å²) in [6.45, 7) is 1.80.